The highest BCUT2D eigenvalue weighted by Crippen LogP contribution is 2.37. The monoisotopic (exact) mass is 290 g/mol. The SMILES string of the molecule is Cc1cc(B2OC(C)(C)C(C)(C)O2)cc(C2(O)COC2)c1. The van der Waals surface area contributed by atoms with Gasteiger partial charge in [0.2, 0.25) is 0 Å². The molecule has 2 aliphatic heterocycles. The van der Waals surface area contributed by atoms with Gasteiger partial charge in [0.05, 0.1) is 24.4 Å². The topological polar surface area (TPSA) is 47.9 Å². The van der Waals surface area contributed by atoms with Gasteiger partial charge < -0.3 is 19.2 Å². The molecule has 3 rings (SSSR count). The highest BCUT2D eigenvalue weighted by molar-refractivity contribution is 6.62. The van der Waals surface area contributed by atoms with Crippen LogP contribution in [-0.2, 0) is 19.6 Å². The number of hydrogen-bond donors (Lipinski definition) is 1. The summed E-state index contributed by atoms with van der Waals surface area (Å²) in [6, 6.07) is 6.02. The van der Waals surface area contributed by atoms with Gasteiger partial charge in [-0.3, -0.25) is 0 Å². The van der Waals surface area contributed by atoms with E-state index in [-0.39, 0.29) is 11.2 Å². The van der Waals surface area contributed by atoms with Gasteiger partial charge in [0, 0.05) is 0 Å². The minimum atomic E-state index is -0.871. The Labute approximate surface area is 126 Å². The molecule has 0 unspecified atom stereocenters. The van der Waals surface area contributed by atoms with Gasteiger partial charge >= 0.3 is 7.12 Å². The quantitative estimate of drug-likeness (QED) is 0.839. The van der Waals surface area contributed by atoms with Crippen LogP contribution in [0.3, 0.4) is 0 Å². The lowest BCUT2D eigenvalue weighted by atomic mass is 9.75. The molecule has 0 aliphatic carbocycles. The normalized spacial score (nSPS) is 25.7. The molecule has 5 heteroatoms. The number of aliphatic hydroxyl groups is 1. The first kappa shape index (κ1) is 15.0. The van der Waals surface area contributed by atoms with Crippen molar-refractivity contribution in [1.82, 2.24) is 0 Å². The van der Waals surface area contributed by atoms with Crippen molar-refractivity contribution in [3.63, 3.8) is 0 Å². The van der Waals surface area contributed by atoms with Crippen molar-refractivity contribution in [3.8, 4) is 0 Å². The first-order chi connectivity index (χ1) is 9.63. The molecule has 0 amide bonds. The van der Waals surface area contributed by atoms with E-state index in [0.717, 1.165) is 16.6 Å². The summed E-state index contributed by atoms with van der Waals surface area (Å²) in [7, 11) is -0.404. The maximum Gasteiger partial charge on any atom is 0.494 e. The Morgan fingerprint density at radius 3 is 2.05 bits per heavy atom. The first-order valence-corrected chi connectivity index (χ1v) is 7.41. The zero-order valence-electron chi connectivity index (χ0n) is 13.4. The fourth-order valence-corrected chi connectivity index (χ4v) is 2.66. The first-order valence-electron chi connectivity index (χ1n) is 7.41. The van der Waals surface area contributed by atoms with E-state index >= 15 is 0 Å². The molecule has 2 saturated heterocycles. The molecule has 2 heterocycles. The number of hydrogen-bond acceptors (Lipinski definition) is 4. The molecule has 114 valence electrons. The van der Waals surface area contributed by atoms with Crippen molar-refractivity contribution >= 4 is 12.6 Å². The van der Waals surface area contributed by atoms with Crippen LogP contribution in [0, 0.1) is 6.92 Å². The predicted octanol–water partition coefficient (Wildman–Crippen LogP) is 1.51. The van der Waals surface area contributed by atoms with Crippen molar-refractivity contribution < 1.29 is 19.2 Å². The zero-order chi connectivity index (χ0) is 15.5. The zero-order valence-corrected chi connectivity index (χ0v) is 13.4. The summed E-state index contributed by atoms with van der Waals surface area (Å²) in [5, 5.41) is 10.5. The Bertz CT molecular complexity index is 547. The van der Waals surface area contributed by atoms with Crippen LogP contribution >= 0.6 is 0 Å². The van der Waals surface area contributed by atoms with Crippen molar-refractivity contribution in [3.05, 3.63) is 29.3 Å². The van der Waals surface area contributed by atoms with Crippen LogP contribution < -0.4 is 5.46 Å². The molecule has 1 aromatic rings. The molecule has 2 fully saturated rings. The summed E-state index contributed by atoms with van der Waals surface area (Å²) >= 11 is 0. The van der Waals surface area contributed by atoms with Crippen molar-refractivity contribution in [2.75, 3.05) is 13.2 Å². The summed E-state index contributed by atoms with van der Waals surface area (Å²) in [5.41, 5.74) is 1.31. The van der Waals surface area contributed by atoms with Gasteiger partial charge in [0.15, 0.2) is 0 Å². The Kier molecular flexibility index (Phi) is 3.26. The van der Waals surface area contributed by atoms with Gasteiger partial charge in [-0.15, -0.1) is 0 Å². The van der Waals surface area contributed by atoms with Crippen LogP contribution in [0.4, 0.5) is 0 Å². The molecule has 0 atom stereocenters. The molecule has 0 bridgehead atoms. The van der Waals surface area contributed by atoms with E-state index < -0.39 is 12.7 Å². The number of aryl methyl sites for hydroxylation is 1. The highest BCUT2D eigenvalue weighted by Gasteiger charge is 2.52. The average Bonchev–Trinajstić information content (AvgIpc) is 2.55. The summed E-state index contributed by atoms with van der Waals surface area (Å²) in [4.78, 5) is 0. The molecule has 21 heavy (non-hydrogen) atoms. The van der Waals surface area contributed by atoms with Gasteiger partial charge in [0.25, 0.3) is 0 Å². The smallest absolute Gasteiger partial charge is 0.399 e. The highest BCUT2D eigenvalue weighted by atomic mass is 16.7. The van der Waals surface area contributed by atoms with Gasteiger partial charge in [-0.2, -0.15) is 0 Å². The maximum absolute atomic E-state index is 10.5. The fourth-order valence-electron chi connectivity index (χ4n) is 2.66. The molecular weight excluding hydrogens is 267 g/mol. The maximum atomic E-state index is 10.5. The molecule has 1 N–H and O–H groups in total. The van der Waals surface area contributed by atoms with Crippen LogP contribution in [0.2, 0.25) is 0 Å². The Morgan fingerprint density at radius 1 is 1.00 bits per heavy atom. The molecular formula is C16H23BO4. The van der Waals surface area contributed by atoms with E-state index in [4.69, 9.17) is 14.0 Å². The molecule has 0 radical (unpaired) electrons. The van der Waals surface area contributed by atoms with Crippen molar-refractivity contribution in [2.45, 2.75) is 51.4 Å². The summed E-state index contributed by atoms with van der Waals surface area (Å²) in [6.07, 6.45) is 0. The second-order valence-electron chi connectivity index (χ2n) is 7.25. The van der Waals surface area contributed by atoms with Gasteiger partial charge in [-0.05, 0) is 45.6 Å². The third-order valence-electron chi connectivity index (χ3n) is 4.84. The van der Waals surface area contributed by atoms with Crippen molar-refractivity contribution in [2.24, 2.45) is 0 Å². The number of benzene rings is 1. The molecule has 1 aromatic carbocycles. The van der Waals surface area contributed by atoms with Crippen LogP contribution in [0.15, 0.2) is 18.2 Å². The van der Waals surface area contributed by atoms with Gasteiger partial charge in [0.1, 0.15) is 5.60 Å². The third kappa shape index (κ3) is 2.42. The van der Waals surface area contributed by atoms with Crippen LogP contribution in [0.1, 0.15) is 38.8 Å². The number of ether oxygens (including phenoxy) is 1. The fraction of sp³-hybridized carbons (Fsp3) is 0.625. The van der Waals surface area contributed by atoms with E-state index in [1.54, 1.807) is 0 Å². The van der Waals surface area contributed by atoms with Crippen LogP contribution in [-0.4, -0.2) is 36.6 Å². The average molecular weight is 290 g/mol. The number of rotatable bonds is 2. The van der Waals surface area contributed by atoms with E-state index in [1.807, 2.05) is 46.8 Å². The third-order valence-corrected chi connectivity index (χ3v) is 4.84. The van der Waals surface area contributed by atoms with Crippen molar-refractivity contribution in [1.29, 1.82) is 0 Å². The Morgan fingerprint density at radius 2 is 1.57 bits per heavy atom. The summed E-state index contributed by atoms with van der Waals surface area (Å²) in [5.74, 6) is 0. The molecule has 0 spiro atoms. The van der Waals surface area contributed by atoms with E-state index in [9.17, 15) is 5.11 Å². The molecule has 0 aromatic heterocycles. The summed E-state index contributed by atoms with van der Waals surface area (Å²) < 4.78 is 17.3. The van der Waals surface area contributed by atoms with E-state index in [0.29, 0.717) is 13.2 Å². The predicted molar refractivity (Wildman–Crippen MR) is 81.6 cm³/mol. The summed E-state index contributed by atoms with van der Waals surface area (Å²) in [6.45, 7) is 10.9. The van der Waals surface area contributed by atoms with E-state index in [2.05, 4.69) is 6.07 Å². The lowest BCUT2D eigenvalue weighted by molar-refractivity contribution is -0.184. The minimum Gasteiger partial charge on any atom is -0.399 e. The molecule has 4 nitrogen and oxygen atoms in total. The standard InChI is InChI=1S/C16H23BO4/c1-11-6-12(16(18)9-19-10-16)8-13(7-11)17-20-14(2,3)15(4,5)21-17/h6-8,18H,9-10H2,1-5H3. The second kappa shape index (κ2) is 4.56. The lowest BCUT2D eigenvalue weighted by Gasteiger charge is -2.37. The Balaban J connectivity index is 1.93. The van der Waals surface area contributed by atoms with Crippen LogP contribution in [0.5, 0.6) is 0 Å². The van der Waals surface area contributed by atoms with Crippen LogP contribution in [0.25, 0.3) is 0 Å². The van der Waals surface area contributed by atoms with Gasteiger partial charge in [-0.1, -0.05) is 23.8 Å². The second-order valence-corrected chi connectivity index (χ2v) is 7.25. The Hall–Kier alpha value is -0.875. The minimum absolute atomic E-state index is 0.346. The molecule has 0 saturated carbocycles. The largest absolute Gasteiger partial charge is 0.494 e. The van der Waals surface area contributed by atoms with E-state index in [1.165, 1.54) is 0 Å². The van der Waals surface area contributed by atoms with Gasteiger partial charge in [-0.25, -0.2) is 0 Å². The molecule has 2 aliphatic rings. The lowest BCUT2D eigenvalue weighted by Crippen LogP contribution is -2.47.